The summed E-state index contributed by atoms with van der Waals surface area (Å²) >= 11 is 0. The minimum atomic E-state index is -0.703. The quantitative estimate of drug-likeness (QED) is 0.654. The molecule has 1 aromatic carbocycles. The van der Waals surface area contributed by atoms with Gasteiger partial charge in [-0.15, -0.1) is 0 Å². The van der Waals surface area contributed by atoms with Crippen LogP contribution in [0.2, 0.25) is 0 Å². The van der Waals surface area contributed by atoms with Crippen molar-refractivity contribution in [2.75, 3.05) is 18.0 Å². The zero-order valence-corrected chi connectivity index (χ0v) is 17.7. The smallest absolute Gasteiger partial charge is 0.274 e. The number of carbonyl (C=O) groups is 2. The van der Waals surface area contributed by atoms with Crippen LogP contribution in [0.1, 0.15) is 42.1 Å². The number of aromatic nitrogens is 4. The number of amides is 2. The van der Waals surface area contributed by atoms with E-state index < -0.39 is 5.41 Å². The number of anilines is 2. The van der Waals surface area contributed by atoms with Gasteiger partial charge in [-0.3, -0.25) is 14.5 Å². The van der Waals surface area contributed by atoms with E-state index in [-0.39, 0.29) is 11.8 Å². The van der Waals surface area contributed by atoms with Gasteiger partial charge in [0.2, 0.25) is 5.91 Å². The van der Waals surface area contributed by atoms with Gasteiger partial charge in [0, 0.05) is 31.0 Å². The largest absolute Gasteiger partial charge is 0.337 e. The number of benzene rings is 1. The molecule has 0 unspecified atom stereocenters. The lowest BCUT2D eigenvalue weighted by molar-refractivity contribution is -0.121. The van der Waals surface area contributed by atoms with Crippen molar-refractivity contribution in [3.05, 3.63) is 60.1 Å². The monoisotopic (exact) mass is 414 g/mol. The Morgan fingerprint density at radius 1 is 0.968 bits per heavy atom. The Balaban J connectivity index is 1.54. The van der Waals surface area contributed by atoms with Gasteiger partial charge in [-0.05, 0) is 44.4 Å². The van der Waals surface area contributed by atoms with Crippen LogP contribution < -0.4 is 4.90 Å². The first-order valence-electron chi connectivity index (χ1n) is 10.3. The fourth-order valence-corrected chi connectivity index (χ4v) is 3.93. The maximum Gasteiger partial charge on any atom is 0.274 e. The Bertz CT molecular complexity index is 1180. The van der Waals surface area contributed by atoms with Gasteiger partial charge in [-0.2, -0.15) is 0 Å². The molecule has 156 valence electrons. The third-order valence-corrected chi connectivity index (χ3v) is 5.99. The van der Waals surface area contributed by atoms with Gasteiger partial charge in [0.1, 0.15) is 11.5 Å². The molecule has 2 amide bonds. The highest BCUT2D eigenvalue weighted by Gasteiger charge is 2.45. The SMILES string of the molecule is Cc1ncc(-c2ccc3c(c2)N(c2cnc(C(=O)N4CCC4)cn2)C(=O)C3(C)C)cn1. The highest BCUT2D eigenvalue weighted by Crippen LogP contribution is 2.46. The third kappa shape index (κ3) is 3.06. The molecule has 0 bridgehead atoms. The van der Waals surface area contributed by atoms with Crippen LogP contribution in [-0.4, -0.2) is 49.7 Å². The van der Waals surface area contributed by atoms with Gasteiger partial charge in [0.05, 0.1) is 23.5 Å². The summed E-state index contributed by atoms with van der Waals surface area (Å²) in [6.45, 7) is 7.14. The van der Waals surface area contributed by atoms with E-state index in [1.165, 1.54) is 12.4 Å². The van der Waals surface area contributed by atoms with E-state index in [2.05, 4.69) is 19.9 Å². The average molecular weight is 414 g/mol. The normalized spacial score (nSPS) is 16.8. The zero-order chi connectivity index (χ0) is 21.8. The Morgan fingerprint density at radius 3 is 2.32 bits per heavy atom. The van der Waals surface area contributed by atoms with Crippen molar-refractivity contribution in [3.8, 4) is 11.1 Å². The Labute approximate surface area is 180 Å². The number of carbonyl (C=O) groups excluding carboxylic acids is 2. The number of hydrogen-bond donors (Lipinski definition) is 0. The van der Waals surface area contributed by atoms with E-state index in [1.54, 1.807) is 22.2 Å². The summed E-state index contributed by atoms with van der Waals surface area (Å²) in [5.74, 6) is 0.886. The predicted molar refractivity (Wildman–Crippen MR) is 115 cm³/mol. The molecule has 0 N–H and O–H groups in total. The van der Waals surface area contributed by atoms with Gasteiger partial charge in [0.25, 0.3) is 5.91 Å². The van der Waals surface area contributed by atoms with Crippen molar-refractivity contribution in [1.82, 2.24) is 24.8 Å². The van der Waals surface area contributed by atoms with E-state index in [9.17, 15) is 9.59 Å². The van der Waals surface area contributed by atoms with Crippen LogP contribution in [0.25, 0.3) is 11.1 Å². The van der Waals surface area contributed by atoms with E-state index >= 15 is 0 Å². The number of rotatable bonds is 3. The number of fused-ring (bicyclic) bond motifs is 1. The van der Waals surface area contributed by atoms with E-state index in [1.807, 2.05) is 39.0 Å². The van der Waals surface area contributed by atoms with Gasteiger partial charge in [-0.1, -0.05) is 12.1 Å². The molecule has 0 radical (unpaired) electrons. The summed E-state index contributed by atoms with van der Waals surface area (Å²) in [5.41, 5.74) is 3.03. The lowest BCUT2D eigenvalue weighted by Gasteiger charge is -2.30. The molecule has 0 atom stereocenters. The first-order valence-corrected chi connectivity index (χ1v) is 10.3. The van der Waals surface area contributed by atoms with Gasteiger partial charge < -0.3 is 4.90 Å². The molecule has 0 spiro atoms. The highest BCUT2D eigenvalue weighted by atomic mass is 16.2. The molecule has 0 aliphatic carbocycles. The fraction of sp³-hybridized carbons (Fsp3) is 0.304. The summed E-state index contributed by atoms with van der Waals surface area (Å²) in [4.78, 5) is 46.3. The van der Waals surface area contributed by atoms with Crippen molar-refractivity contribution >= 4 is 23.3 Å². The molecular formula is C23H22N6O2. The molecule has 31 heavy (non-hydrogen) atoms. The van der Waals surface area contributed by atoms with E-state index in [0.29, 0.717) is 17.3 Å². The molecule has 2 aliphatic heterocycles. The van der Waals surface area contributed by atoms with Crippen molar-refractivity contribution in [2.45, 2.75) is 32.6 Å². The molecule has 8 nitrogen and oxygen atoms in total. The highest BCUT2D eigenvalue weighted by molar-refractivity contribution is 6.12. The molecule has 1 saturated heterocycles. The number of aryl methyl sites for hydroxylation is 1. The van der Waals surface area contributed by atoms with Crippen molar-refractivity contribution in [3.63, 3.8) is 0 Å². The molecule has 5 rings (SSSR count). The average Bonchev–Trinajstić information content (AvgIpc) is 2.93. The Morgan fingerprint density at radius 2 is 1.71 bits per heavy atom. The molecule has 2 aromatic heterocycles. The van der Waals surface area contributed by atoms with Crippen molar-refractivity contribution in [1.29, 1.82) is 0 Å². The van der Waals surface area contributed by atoms with Crippen molar-refractivity contribution in [2.24, 2.45) is 0 Å². The van der Waals surface area contributed by atoms with Crippen LogP contribution >= 0.6 is 0 Å². The molecule has 8 heteroatoms. The third-order valence-electron chi connectivity index (χ3n) is 5.99. The van der Waals surface area contributed by atoms with E-state index in [0.717, 1.165) is 41.9 Å². The Kier molecular flexibility index (Phi) is 4.32. The summed E-state index contributed by atoms with van der Waals surface area (Å²) in [6, 6.07) is 5.90. The summed E-state index contributed by atoms with van der Waals surface area (Å²) in [6.07, 6.45) is 7.50. The zero-order valence-electron chi connectivity index (χ0n) is 17.7. The van der Waals surface area contributed by atoms with Gasteiger partial charge in [-0.25, -0.2) is 19.9 Å². The number of likely N-dealkylation sites (tertiary alicyclic amines) is 1. The minimum absolute atomic E-state index is 0.0871. The maximum absolute atomic E-state index is 13.3. The van der Waals surface area contributed by atoms with Crippen LogP contribution in [0.5, 0.6) is 0 Å². The van der Waals surface area contributed by atoms with E-state index in [4.69, 9.17) is 0 Å². The molecule has 1 fully saturated rings. The van der Waals surface area contributed by atoms with Gasteiger partial charge in [0.15, 0.2) is 5.82 Å². The lowest BCUT2D eigenvalue weighted by Crippen LogP contribution is -2.42. The minimum Gasteiger partial charge on any atom is -0.337 e. The lowest BCUT2D eigenvalue weighted by atomic mass is 9.85. The predicted octanol–water partition coefficient (Wildman–Crippen LogP) is 3.04. The first-order chi connectivity index (χ1) is 14.9. The number of hydrogen-bond acceptors (Lipinski definition) is 6. The van der Waals surface area contributed by atoms with Crippen LogP contribution in [0.4, 0.5) is 11.5 Å². The second-order valence-corrected chi connectivity index (χ2v) is 8.42. The van der Waals surface area contributed by atoms with Crippen LogP contribution in [0.3, 0.4) is 0 Å². The first kappa shape index (κ1) is 19.3. The summed E-state index contributed by atoms with van der Waals surface area (Å²) in [5, 5.41) is 0. The molecule has 3 aromatic rings. The van der Waals surface area contributed by atoms with Gasteiger partial charge >= 0.3 is 0 Å². The number of nitrogens with zero attached hydrogens (tertiary/aromatic N) is 6. The summed E-state index contributed by atoms with van der Waals surface area (Å²) < 4.78 is 0. The second-order valence-electron chi connectivity index (χ2n) is 8.42. The van der Waals surface area contributed by atoms with Crippen molar-refractivity contribution < 1.29 is 9.59 Å². The van der Waals surface area contributed by atoms with Crippen LogP contribution in [0.15, 0.2) is 43.0 Å². The molecule has 4 heterocycles. The molecule has 0 saturated carbocycles. The molecular weight excluding hydrogens is 392 g/mol. The standard InChI is InChI=1S/C23H22N6O2/c1-14-24-10-16(11-25-14)15-5-6-17-19(9-15)29(22(31)23(17,2)3)20-13-26-18(12-27-20)21(30)28-7-4-8-28/h5-6,9-13H,4,7-8H2,1-3H3. The molecule has 2 aliphatic rings. The second kappa shape index (κ2) is 6.94. The Hall–Kier alpha value is -3.68. The summed E-state index contributed by atoms with van der Waals surface area (Å²) in [7, 11) is 0. The topological polar surface area (TPSA) is 92.2 Å². The van der Waals surface area contributed by atoms with Crippen LogP contribution in [-0.2, 0) is 10.2 Å². The maximum atomic E-state index is 13.3. The fourth-order valence-electron chi connectivity index (χ4n) is 3.93. The van der Waals surface area contributed by atoms with Crippen LogP contribution in [0, 0.1) is 6.92 Å².